The zero-order valence-corrected chi connectivity index (χ0v) is 17.4. The van der Waals surface area contributed by atoms with Crippen LogP contribution in [-0.2, 0) is 0 Å². The Morgan fingerprint density at radius 3 is 2.97 bits per heavy atom. The Morgan fingerprint density at radius 2 is 2.17 bits per heavy atom. The fourth-order valence-corrected chi connectivity index (χ4v) is 3.41. The Kier molecular flexibility index (Phi) is 5.36. The Hall–Kier alpha value is -2.74. The van der Waals surface area contributed by atoms with Gasteiger partial charge in [0.25, 0.3) is 5.91 Å². The van der Waals surface area contributed by atoms with E-state index in [0.29, 0.717) is 16.2 Å². The summed E-state index contributed by atoms with van der Waals surface area (Å²) in [4.78, 5) is 17.5. The van der Waals surface area contributed by atoms with Crippen LogP contribution in [0, 0.1) is 0 Å². The predicted molar refractivity (Wildman–Crippen MR) is 112 cm³/mol. The average Bonchev–Trinajstić information content (AvgIpc) is 3.26. The summed E-state index contributed by atoms with van der Waals surface area (Å²) in [5.74, 6) is -0.552. The van der Waals surface area contributed by atoms with E-state index in [1.165, 1.54) is 31.8 Å². The number of anilines is 1. The SMILES string of the molecule is O=C(Nc1cn(I)nc1-c1cc(S)ccc1OC(F)F)c1cnn2cccnc12. The second kappa shape index (κ2) is 7.94. The first-order valence-electron chi connectivity index (χ1n) is 8.06. The summed E-state index contributed by atoms with van der Waals surface area (Å²) in [5, 5.41) is 11.1. The zero-order chi connectivity index (χ0) is 20.5. The van der Waals surface area contributed by atoms with Gasteiger partial charge in [0.2, 0.25) is 0 Å². The third kappa shape index (κ3) is 4.03. The van der Waals surface area contributed by atoms with Gasteiger partial charge in [0, 0.05) is 22.9 Å². The number of hydrogen-bond acceptors (Lipinski definition) is 6. The lowest BCUT2D eigenvalue weighted by molar-refractivity contribution is -0.0494. The first-order chi connectivity index (χ1) is 13.9. The van der Waals surface area contributed by atoms with Crippen molar-refractivity contribution in [3.8, 4) is 17.0 Å². The number of amides is 1. The molecule has 1 aromatic carbocycles. The van der Waals surface area contributed by atoms with Crippen molar-refractivity contribution in [1.82, 2.24) is 22.6 Å². The molecule has 0 spiro atoms. The van der Waals surface area contributed by atoms with Crippen molar-refractivity contribution in [2.24, 2.45) is 0 Å². The van der Waals surface area contributed by atoms with Crippen LogP contribution in [0.2, 0.25) is 0 Å². The van der Waals surface area contributed by atoms with Gasteiger partial charge in [-0.15, -0.1) is 12.6 Å². The second-order valence-electron chi connectivity index (χ2n) is 5.74. The maximum Gasteiger partial charge on any atom is 0.387 e. The third-order valence-electron chi connectivity index (χ3n) is 3.89. The maximum atomic E-state index is 12.8. The number of carbonyl (C=O) groups excluding carboxylic acids is 1. The first kappa shape index (κ1) is 19.6. The minimum atomic E-state index is -3.01. The molecule has 8 nitrogen and oxygen atoms in total. The summed E-state index contributed by atoms with van der Waals surface area (Å²) in [7, 11) is 0. The lowest BCUT2D eigenvalue weighted by atomic mass is 10.1. The molecule has 0 saturated heterocycles. The Morgan fingerprint density at radius 1 is 1.34 bits per heavy atom. The van der Waals surface area contributed by atoms with Gasteiger partial charge in [-0.2, -0.15) is 19.0 Å². The number of rotatable bonds is 5. The summed E-state index contributed by atoms with van der Waals surface area (Å²) in [6.07, 6.45) is 6.16. The van der Waals surface area contributed by atoms with Crippen molar-refractivity contribution in [1.29, 1.82) is 0 Å². The van der Waals surface area contributed by atoms with Gasteiger partial charge in [0.1, 0.15) is 17.0 Å². The van der Waals surface area contributed by atoms with Gasteiger partial charge in [-0.3, -0.25) is 4.79 Å². The molecule has 3 heterocycles. The molecule has 0 aliphatic heterocycles. The Bertz CT molecular complexity index is 1210. The number of halogens is 3. The van der Waals surface area contributed by atoms with Crippen LogP contribution in [0.3, 0.4) is 0 Å². The van der Waals surface area contributed by atoms with Gasteiger partial charge < -0.3 is 10.1 Å². The normalized spacial score (nSPS) is 11.2. The van der Waals surface area contributed by atoms with E-state index in [1.54, 1.807) is 24.7 Å². The number of alkyl halides is 2. The number of thiol groups is 1. The highest BCUT2D eigenvalue weighted by Crippen LogP contribution is 2.37. The number of fused-ring (bicyclic) bond motifs is 1. The van der Waals surface area contributed by atoms with E-state index in [4.69, 9.17) is 0 Å². The number of carbonyl (C=O) groups is 1. The predicted octanol–water partition coefficient (Wildman–Crippen LogP) is 3.93. The van der Waals surface area contributed by atoms with E-state index in [-0.39, 0.29) is 22.6 Å². The molecule has 0 saturated carbocycles. The van der Waals surface area contributed by atoms with Crippen LogP contribution in [0.5, 0.6) is 5.75 Å². The first-order valence-corrected chi connectivity index (χ1v) is 9.47. The van der Waals surface area contributed by atoms with E-state index < -0.39 is 12.5 Å². The van der Waals surface area contributed by atoms with Gasteiger partial charge in [0.15, 0.2) is 5.65 Å². The number of nitrogens with one attached hydrogen (secondary N) is 1. The summed E-state index contributed by atoms with van der Waals surface area (Å²) in [6, 6.07) is 6.12. The minimum Gasteiger partial charge on any atom is -0.434 e. The van der Waals surface area contributed by atoms with Crippen LogP contribution in [-0.4, -0.2) is 35.1 Å². The molecule has 0 radical (unpaired) electrons. The monoisotopic (exact) mass is 528 g/mol. The molecule has 29 heavy (non-hydrogen) atoms. The van der Waals surface area contributed by atoms with Gasteiger partial charge in [-0.25, -0.2) is 12.4 Å². The molecule has 0 fully saturated rings. The molecule has 0 unspecified atom stereocenters. The van der Waals surface area contributed by atoms with Gasteiger partial charge >= 0.3 is 6.61 Å². The molecule has 0 bridgehead atoms. The van der Waals surface area contributed by atoms with Gasteiger partial charge in [-0.1, -0.05) is 0 Å². The van der Waals surface area contributed by atoms with E-state index in [2.05, 4.69) is 37.9 Å². The number of benzene rings is 1. The third-order valence-corrected chi connectivity index (χ3v) is 4.67. The molecule has 1 N–H and O–H groups in total. The van der Waals surface area contributed by atoms with Gasteiger partial charge in [0.05, 0.1) is 40.9 Å². The van der Waals surface area contributed by atoms with Crippen LogP contribution in [0.25, 0.3) is 16.9 Å². The topological polar surface area (TPSA) is 86.3 Å². The Balaban J connectivity index is 1.73. The summed E-state index contributed by atoms with van der Waals surface area (Å²) in [5.41, 5.74) is 1.46. The van der Waals surface area contributed by atoms with Crippen molar-refractivity contribution in [2.45, 2.75) is 11.5 Å². The highest BCUT2D eigenvalue weighted by Gasteiger charge is 2.21. The highest BCUT2D eigenvalue weighted by atomic mass is 127. The molecule has 0 aliphatic rings. The summed E-state index contributed by atoms with van der Waals surface area (Å²) in [6.45, 7) is -3.01. The molecule has 0 aliphatic carbocycles. The molecule has 0 atom stereocenters. The van der Waals surface area contributed by atoms with Crippen molar-refractivity contribution in [3.63, 3.8) is 0 Å². The lowest BCUT2D eigenvalue weighted by Gasteiger charge is -2.11. The fraction of sp³-hybridized carbons (Fsp3) is 0.0588. The van der Waals surface area contributed by atoms with Crippen molar-refractivity contribution >= 4 is 52.7 Å². The molecular formula is C17H11F2IN6O2S. The number of ether oxygens (including phenoxy) is 1. The Labute approximate surface area is 181 Å². The molecular weight excluding hydrogens is 517 g/mol. The number of aromatic nitrogens is 5. The van der Waals surface area contributed by atoms with Crippen LogP contribution in [0.1, 0.15) is 10.4 Å². The molecule has 148 valence electrons. The zero-order valence-electron chi connectivity index (χ0n) is 14.3. The number of nitrogens with zero attached hydrogens (tertiary/aromatic N) is 5. The van der Waals surface area contributed by atoms with Crippen molar-refractivity contribution in [2.75, 3.05) is 5.32 Å². The van der Waals surface area contributed by atoms with Crippen LogP contribution in [0.4, 0.5) is 14.5 Å². The smallest absolute Gasteiger partial charge is 0.387 e. The molecule has 12 heteroatoms. The van der Waals surface area contributed by atoms with E-state index in [9.17, 15) is 13.6 Å². The molecule has 4 rings (SSSR count). The van der Waals surface area contributed by atoms with Gasteiger partial charge in [-0.05, 0) is 24.3 Å². The van der Waals surface area contributed by atoms with Crippen molar-refractivity contribution in [3.05, 3.63) is 54.6 Å². The van der Waals surface area contributed by atoms with E-state index in [1.807, 2.05) is 22.9 Å². The molecule has 1 amide bonds. The standard InChI is InChI=1S/C17H11F2IN6O2S/c18-17(19)28-13-3-2-9(29)6-10(13)14-12(8-26(20)24-14)23-16(27)11-7-22-25-5-1-4-21-15(11)25/h1-8,17,29H,(H,23,27). The maximum absolute atomic E-state index is 12.8. The van der Waals surface area contributed by atoms with Crippen LogP contribution >= 0.6 is 35.5 Å². The average molecular weight is 528 g/mol. The van der Waals surface area contributed by atoms with E-state index in [0.717, 1.165) is 0 Å². The number of hydrogen-bond donors (Lipinski definition) is 2. The largest absolute Gasteiger partial charge is 0.434 e. The van der Waals surface area contributed by atoms with E-state index >= 15 is 0 Å². The van der Waals surface area contributed by atoms with Crippen molar-refractivity contribution < 1.29 is 18.3 Å². The summed E-state index contributed by atoms with van der Waals surface area (Å²) < 4.78 is 33.1. The van der Waals surface area contributed by atoms with Crippen LogP contribution < -0.4 is 10.1 Å². The van der Waals surface area contributed by atoms with Crippen LogP contribution in [0.15, 0.2) is 53.9 Å². The second-order valence-corrected chi connectivity index (χ2v) is 7.24. The quantitative estimate of drug-likeness (QED) is 0.303. The fourth-order valence-electron chi connectivity index (χ4n) is 2.72. The summed E-state index contributed by atoms with van der Waals surface area (Å²) >= 11 is 6.15. The minimum absolute atomic E-state index is 0.0824. The lowest BCUT2D eigenvalue weighted by Crippen LogP contribution is -2.12. The molecule has 3 aromatic heterocycles. The molecule has 4 aromatic rings. The highest BCUT2D eigenvalue weighted by molar-refractivity contribution is 14.1.